The van der Waals surface area contributed by atoms with Crippen LogP contribution in [-0.4, -0.2) is 54.6 Å². The van der Waals surface area contributed by atoms with E-state index in [9.17, 15) is 19.2 Å². The lowest BCUT2D eigenvalue weighted by Gasteiger charge is -2.33. The van der Waals surface area contributed by atoms with Gasteiger partial charge in [-0.05, 0) is 64.5 Å². The lowest BCUT2D eigenvalue weighted by molar-refractivity contribution is -0.123. The second-order valence-corrected chi connectivity index (χ2v) is 10.8. The van der Waals surface area contributed by atoms with Crippen molar-refractivity contribution in [2.24, 2.45) is 11.8 Å². The summed E-state index contributed by atoms with van der Waals surface area (Å²) < 4.78 is 11.1. The molecule has 3 aromatic carbocycles. The van der Waals surface area contributed by atoms with Crippen LogP contribution in [0, 0.1) is 11.8 Å². The average molecular weight is 613 g/mol. The smallest absolute Gasteiger partial charge is 0.240 e. The molecular formula is C32H25BrN2O6. The number of nitrogens with zero attached hydrogens (tertiary/aromatic N) is 2. The summed E-state index contributed by atoms with van der Waals surface area (Å²) in [5, 5.41) is 0. The average Bonchev–Trinajstić information content (AvgIpc) is 3.48. The molecule has 8 nitrogen and oxygen atoms in total. The van der Waals surface area contributed by atoms with E-state index >= 15 is 0 Å². The Morgan fingerprint density at radius 1 is 0.829 bits per heavy atom. The molecule has 4 atom stereocenters. The van der Waals surface area contributed by atoms with Gasteiger partial charge in [0.05, 0.1) is 42.3 Å². The number of amides is 2. The highest BCUT2D eigenvalue weighted by Crippen LogP contribution is 2.47. The van der Waals surface area contributed by atoms with E-state index in [4.69, 9.17) is 9.47 Å². The monoisotopic (exact) mass is 612 g/mol. The SMILES string of the molecule is COc1ccc(N2C(=O)[C@@H]3[C@H](C2=O)[C@@H](C(=O)c2ccc(OC)c(Br)c2)N2C=CC(C(=O)c4ccccc4)=C[C@@H]32)cc1. The van der Waals surface area contributed by atoms with Gasteiger partial charge in [-0.15, -0.1) is 0 Å². The highest BCUT2D eigenvalue weighted by molar-refractivity contribution is 9.10. The predicted octanol–water partition coefficient (Wildman–Crippen LogP) is 4.84. The highest BCUT2D eigenvalue weighted by atomic mass is 79.9. The molecule has 2 saturated heterocycles. The van der Waals surface area contributed by atoms with Gasteiger partial charge in [0.1, 0.15) is 17.5 Å². The Balaban J connectivity index is 1.42. The third-order valence-corrected chi connectivity index (χ3v) is 8.50. The van der Waals surface area contributed by atoms with Gasteiger partial charge in [-0.3, -0.25) is 19.2 Å². The van der Waals surface area contributed by atoms with E-state index < -0.39 is 35.7 Å². The maximum atomic E-state index is 14.1. The Morgan fingerprint density at radius 2 is 1.54 bits per heavy atom. The molecule has 0 N–H and O–H groups in total. The van der Waals surface area contributed by atoms with E-state index in [2.05, 4.69) is 15.9 Å². The van der Waals surface area contributed by atoms with Gasteiger partial charge in [0.2, 0.25) is 11.8 Å². The topological polar surface area (TPSA) is 93.2 Å². The molecular weight excluding hydrogens is 588 g/mol. The van der Waals surface area contributed by atoms with Crippen molar-refractivity contribution in [1.29, 1.82) is 0 Å². The Bertz CT molecular complexity index is 1630. The summed E-state index contributed by atoms with van der Waals surface area (Å²) in [5.74, 6) is -2.03. The first kappa shape index (κ1) is 26.7. The van der Waals surface area contributed by atoms with Gasteiger partial charge < -0.3 is 14.4 Å². The summed E-state index contributed by atoms with van der Waals surface area (Å²) in [6.07, 6.45) is 5.03. The molecule has 0 aliphatic carbocycles. The van der Waals surface area contributed by atoms with Gasteiger partial charge in [0, 0.05) is 22.9 Å². The fourth-order valence-electron chi connectivity index (χ4n) is 5.93. The van der Waals surface area contributed by atoms with E-state index in [1.54, 1.807) is 90.0 Å². The number of ether oxygens (including phenoxy) is 2. The fourth-order valence-corrected chi connectivity index (χ4v) is 6.47. The summed E-state index contributed by atoms with van der Waals surface area (Å²) in [6, 6.07) is 18.8. The van der Waals surface area contributed by atoms with Crippen molar-refractivity contribution in [3.63, 3.8) is 0 Å². The van der Waals surface area contributed by atoms with Crippen molar-refractivity contribution < 1.29 is 28.7 Å². The van der Waals surface area contributed by atoms with Gasteiger partial charge in [0.15, 0.2) is 11.6 Å². The highest BCUT2D eigenvalue weighted by Gasteiger charge is 2.63. The van der Waals surface area contributed by atoms with Crippen molar-refractivity contribution in [2.45, 2.75) is 12.1 Å². The number of rotatable bonds is 7. The summed E-state index contributed by atoms with van der Waals surface area (Å²) >= 11 is 3.44. The second kappa shape index (κ2) is 10.5. The van der Waals surface area contributed by atoms with Crippen LogP contribution in [0.4, 0.5) is 5.69 Å². The minimum absolute atomic E-state index is 0.198. The number of hydrogen-bond acceptors (Lipinski definition) is 7. The van der Waals surface area contributed by atoms with Crippen LogP contribution in [0.5, 0.6) is 11.5 Å². The summed E-state index contributed by atoms with van der Waals surface area (Å²) in [6.45, 7) is 0. The number of ketones is 2. The van der Waals surface area contributed by atoms with E-state index in [1.165, 1.54) is 14.2 Å². The van der Waals surface area contributed by atoms with Crippen LogP contribution in [0.25, 0.3) is 0 Å². The largest absolute Gasteiger partial charge is 0.497 e. The molecule has 206 valence electrons. The Hall–Kier alpha value is -4.50. The zero-order chi connectivity index (χ0) is 28.8. The number of Topliss-reactive ketones (excluding diaryl/α,β-unsaturated/α-hetero) is 2. The molecule has 3 heterocycles. The number of carbonyl (C=O) groups excluding carboxylic acids is 4. The quantitative estimate of drug-likeness (QED) is 0.278. The number of allylic oxidation sites excluding steroid dienone is 2. The molecule has 0 saturated carbocycles. The number of anilines is 1. The molecule has 2 fully saturated rings. The van der Waals surface area contributed by atoms with E-state index in [-0.39, 0.29) is 11.6 Å². The maximum absolute atomic E-state index is 14.1. The molecule has 9 heteroatoms. The number of imide groups is 1. The van der Waals surface area contributed by atoms with Gasteiger partial charge in [0.25, 0.3) is 0 Å². The second-order valence-electron chi connectivity index (χ2n) is 9.99. The molecule has 6 rings (SSSR count). The van der Waals surface area contributed by atoms with Crippen LogP contribution in [0.1, 0.15) is 20.7 Å². The zero-order valence-electron chi connectivity index (χ0n) is 22.2. The molecule has 0 aromatic heterocycles. The summed E-state index contributed by atoms with van der Waals surface area (Å²) in [5.41, 5.74) is 1.68. The van der Waals surface area contributed by atoms with Crippen molar-refractivity contribution >= 4 is 45.0 Å². The first-order valence-corrected chi connectivity index (χ1v) is 13.8. The molecule has 0 unspecified atom stereocenters. The van der Waals surface area contributed by atoms with Crippen LogP contribution in [-0.2, 0) is 9.59 Å². The van der Waals surface area contributed by atoms with Crippen LogP contribution < -0.4 is 14.4 Å². The number of benzene rings is 3. The fraction of sp³-hybridized carbons (Fsp3) is 0.188. The van der Waals surface area contributed by atoms with E-state index in [0.717, 1.165) is 4.90 Å². The van der Waals surface area contributed by atoms with Crippen molar-refractivity contribution in [3.8, 4) is 11.5 Å². The van der Waals surface area contributed by atoms with Crippen LogP contribution in [0.2, 0.25) is 0 Å². The zero-order valence-corrected chi connectivity index (χ0v) is 23.8. The minimum Gasteiger partial charge on any atom is -0.497 e. The summed E-state index contributed by atoms with van der Waals surface area (Å²) in [7, 11) is 3.06. The van der Waals surface area contributed by atoms with E-state index in [0.29, 0.717) is 38.4 Å². The van der Waals surface area contributed by atoms with Crippen LogP contribution >= 0.6 is 15.9 Å². The number of halogens is 1. The number of fused-ring (bicyclic) bond motifs is 3. The number of hydrogen-bond donors (Lipinski definition) is 0. The summed E-state index contributed by atoms with van der Waals surface area (Å²) in [4.78, 5) is 58.3. The first-order chi connectivity index (χ1) is 19.8. The van der Waals surface area contributed by atoms with Gasteiger partial charge in [-0.2, -0.15) is 0 Å². The minimum atomic E-state index is -0.953. The third-order valence-electron chi connectivity index (χ3n) is 7.88. The van der Waals surface area contributed by atoms with Crippen LogP contribution in [0.3, 0.4) is 0 Å². The number of carbonyl (C=O) groups is 4. The van der Waals surface area contributed by atoms with Gasteiger partial charge >= 0.3 is 0 Å². The Kier molecular flexibility index (Phi) is 6.83. The van der Waals surface area contributed by atoms with E-state index in [1.807, 2.05) is 6.07 Å². The lowest BCUT2D eigenvalue weighted by Crippen LogP contribution is -2.46. The molecule has 3 aliphatic rings. The molecule has 41 heavy (non-hydrogen) atoms. The molecule has 0 bridgehead atoms. The molecule has 3 aliphatic heterocycles. The van der Waals surface area contributed by atoms with Gasteiger partial charge in [-0.1, -0.05) is 36.4 Å². The molecule has 0 spiro atoms. The Morgan fingerprint density at radius 3 is 2.20 bits per heavy atom. The van der Waals surface area contributed by atoms with Gasteiger partial charge in [-0.25, -0.2) is 4.90 Å². The van der Waals surface area contributed by atoms with Crippen molar-refractivity contribution in [3.05, 3.63) is 112 Å². The predicted molar refractivity (Wildman–Crippen MR) is 155 cm³/mol. The third kappa shape index (κ3) is 4.37. The molecule has 3 aromatic rings. The maximum Gasteiger partial charge on any atom is 0.240 e. The standard InChI is InChI=1S/C32H25BrN2O6/c1-40-22-11-9-21(10-12-22)35-31(38)26-24-17-20(29(36)18-6-4-3-5-7-18)14-15-34(24)28(27(26)32(35)39)30(37)19-8-13-25(41-2)23(33)16-19/h3-17,24,26-28H,1-2H3/t24-,26-,27-,28-/m0/s1. The van der Waals surface area contributed by atoms with Crippen molar-refractivity contribution in [1.82, 2.24) is 4.90 Å². The lowest BCUT2D eigenvalue weighted by atomic mass is 9.85. The first-order valence-electron chi connectivity index (χ1n) is 13.0. The van der Waals surface area contributed by atoms with Crippen molar-refractivity contribution in [2.75, 3.05) is 19.1 Å². The Labute approximate surface area is 245 Å². The molecule has 0 radical (unpaired) electrons. The van der Waals surface area contributed by atoms with Crippen LogP contribution in [0.15, 0.2) is 101 Å². The number of methoxy groups -OCH3 is 2. The normalized spacial score (nSPS) is 22.8. The molecule has 2 amide bonds.